The maximum atomic E-state index is 6.30. The summed E-state index contributed by atoms with van der Waals surface area (Å²) in [6.45, 7) is 9.71. The summed E-state index contributed by atoms with van der Waals surface area (Å²) >= 11 is 3.79. The van der Waals surface area contributed by atoms with E-state index in [2.05, 4.69) is 178 Å². The molecule has 0 saturated carbocycles. The fourth-order valence-electron chi connectivity index (χ4n) is 9.81. The van der Waals surface area contributed by atoms with Gasteiger partial charge in [0.05, 0.1) is 0 Å². The van der Waals surface area contributed by atoms with Gasteiger partial charge in [0.1, 0.15) is 11.2 Å². The van der Waals surface area contributed by atoms with Gasteiger partial charge >= 0.3 is 0 Å². The summed E-state index contributed by atoms with van der Waals surface area (Å²) in [7, 11) is 0. The Bertz CT molecular complexity index is 3370. The van der Waals surface area contributed by atoms with E-state index in [1.54, 1.807) is 0 Å². The number of rotatable bonds is 4. The van der Waals surface area contributed by atoms with Gasteiger partial charge in [-0.25, -0.2) is 0 Å². The lowest BCUT2D eigenvalue weighted by Gasteiger charge is -2.41. The number of furan rings is 1. The van der Waals surface area contributed by atoms with Crippen LogP contribution in [0.25, 0.3) is 84.2 Å². The molecule has 0 fully saturated rings. The zero-order valence-electron chi connectivity index (χ0n) is 33.0. The third-order valence-corrected chi connectivity index (χ3v) is 15.4. The van der Waals surface area contributed by atoms with Gasteiger partial charge in [0, 0.05) is 68.2 Å². The SMILES string of the molecule is CC1(C)CCC(C)(C)c2cc3c(cc21)sc1ccc(-c2cccc4ccc(N(c5ccc6oc7ccccc7c6c5)c5ccc6sc7ccccc7c6c5)cc24)cc13. The van der Waals surface area contributed by atoms with E-state index < -0.39 is 0 Å². The van der Waals surface area contributed by atoms with Crippen molar-refractivity contribution in [3.8, 4) is 11.1 Å². The minimum atomic E-state index is 0.166. The molecule has 0 atom stereocenters. The second-order valence-electron chi connectivity index (χ2n) is 17.6. The van der Waals surface area contributed by atoms with Gasteiger partial charge < -0.3 is 9.32 Å². The highest BCUT2D eigenvalue weighted by Gasteiger charge is 2.37. The van der Waals surface area contributed by atoms with E-state index in [0.29, 0.717) is 0 Å². The molecular weight excluding hydrogens is 743 g/mol. The number of hydrogen-bond acceptors (Lipinski definition) is 4. The molecule has 0 saturated heterocycles. The summed E-state index contributed by atoms with van der Waals surface area (Å²) in [6, 6.07) is 56.6. The van der Waals surface area contributed by atoms with Gasteiger partial charge in [-0.3, -0.25) is 0 Å². The van der Waals surface area contributed by atoms with Crippen LogP contribution in [0.4, 0.5) is 17.1 Å². The van der Waals surface area contributed by atoms with E-state index in [9.17, 15) is 0 Å². The molecule has 0 bridgehead atoms. The molecular formula is C54H41NOS2. The van der Waals surface area contributed by atoms with Crippen molar-refractivity contribution >= 4 is 113 Å². The molecule has 11 aromatic rings. The van der Waals surface area contributed by atoms with Crippen molar-refractivity contribution in [2.24, 2.45) is 0 Å². The summed E-state index contributed by atoms with van der Waals surface area (Å²) < 4.78 is 11.6. The van der Waals surface area contributed by atoms with Crippen LogP contribution in [0.3, 0.4) is 0 Å². The number of fused-ring (bicyclic) bond motifs is 11. The minimum Gasteiger partial charge on any atom is -0.456 e. The number of para-hydroxylation sites is 1. The fraction of sp³-hybridized carbons (Fsp3) is 0.148. The molecule has 280 valence electrons. The van der Waals surface area contributed by atoms with Gasteiger partial charge in [-0.1, -0.05) is 94.4 Å². The third kappa shape index (κ3) is 5.14. The maximum Gasteiger partial charge on any atom is 0.135 e. The van der Waals surface area contributed by atoms with Crippen LogP contribution < -0.4 is 4.90 Å². The Morgan fingerprint density at radius 1 is 0.431 bits per heavy atom. The fourth-order valence-corrected chi connectivity index (χ4v) is 12.0. The highest BCUT2D eigenvalue weighted by Crippen LogP contribution is 2.50. The van der Waals surface area contributed by atoms with Crippen LogP contribution in [0, 0.1) is 0 Å². The second kappa shape index (κ2) is 12.3. The number of hydrogen-bond donors (Lipinski definition) is 0. The van der Waals surface area contributed by atoms with Gasteiger partial charge in [-0.15, -0.1) is 22.7 Å². The van der Waals surface area contributed by atoms with Crippen LogP contribution in [-0.2, 0) is 10.8 Å². The van der Waals surface area contributed by atoms with Gasteiger partial charge in [0.15, 0.2) is 0 Å². The smallest absolute Gasteiger partial charge is 0.135 e. The molecule has 0 aliphatic heterocycles. The predicted molar refractivity (Wildman–Crippen MR) is 252 cm³/mol. The summed E-state index contributed by atoms with van der Waals surface area (Å²) in [6.07, 6.45) is 2.44. The van der Waals surface area contributed by atoms with Crippen LogP contribution >= 0.6 is 22.7 Å². The zero-order chi connectivity index (χ0) is 38.9. The number of anilines is 3. The molecule has 12 rings (SSSR count). The van der Waals surface area contributed by atoms with E-state index >= 15 is 0 Å². The first-order chi connectivity index (χ1) is 28.2. The highest BCUT2D eigenvalue weighted by atomic mass is 32.1. The zero-order valence-corrected chi connectivity index (χ0v) is 34.7. The lowest BCUT2D eigenvalue weighted by Crippen LogP contribution is -2.33. The van der Waals surface area contributed by atoms with Crippen molar-refractivity contribution in [1.29, 1.82) is 0 Å². The van der Waals surface area contributed by atoms with Crippen LogP contribution in [0.15, 0.2) is 156 Å². The molecule has 3 aromatic heterocycles. The minimum absolute atomic E-state index is 0.166. The Morgan fingerprint density at radius 2 is 1.02 bits per heavy atom. The van der Waals surface area contributed by atoms with Crippen molar-refractivity contribution < 1.29 is 4.42 Å². The number of benzene rings is 8. The van der Waals surface area contributed by atoms with Crippen molar-refractivity contribution in [1.82, 2.24) is 0 Å². The Labute approximate surface area is 345 Å². The van der Waals surface area contributed by atoms with Crippen LogP contribution in [-0.4, -0.2) is 0 Å². The standard InChI is InChI=1S/C54H41NOS2/c1-53(2)24-25-54(3,4)46-31-52-44(30-45(46)53)42-26-33(17-22-50(42)58-52)37-13-9-10-32-16-18-34(27-40(32)37)55(35-19-21-48-41(28-35)38-11-5-7-14-47(38)56-48)36-20-23-51-43(29-36)39-12-6-8-15-49(39)57-51/h5-23,26-31H,24-25H2,1-4H3. The molecule has 0 unspecified atom stereocenters. The average molecular weight is 784 g/mol. The van der Waals surface area contributed by atoms with Gasteiger partial charge in [-0.2, -0.15) is 0 Å². The van der Waals surface area contributed by atoms with Crippen LogP contribution in [0.2, 0.25) is 0 Å². The summed E-state index contributed by atoms with van der Waals surface area (Å²) in [5.41, 5.74) is 11.0. The maximum absolute atomic E-state index is 6.30. The van der Waals surface area contributed by atoms with Gasteiger partial charge in [0.2, 0.25) is 0 Å². The summed E-state index contributed by atoms with van der Waals surface area (Å²) in [5.74, 6) is 0. The number of thiophene rings is 2. The molecule has 8 aromatic carbocycles. The molecule has 0 radical (unpaired) electrons. The highest BCUT2D eigenvalue weighted by molar-refractivity contribution is 7.26. The third-order valence-electron chi connectivity index (χ3n) is 13.1. The van der Waals surface area contributed by atoms with Crippen LogP contribution in [0.5, 0.6) is 0 Å². The van der Waals surface area contributed by atoms with E-state index in [-0.39, 0.29) is 10.8 Å². The molecule has 2 nitrogen and oxygen atoms in total. The van der Waals surface area contributed by atoms with Gasteiger partial charge in [0.25, 0.3) is 0 Å². The van der Waals surface area contributed by atoms with E-state index in [4.69, 9.17) is 4.42 Å². The van der Waals surface area contributed by atoms with Crippen molar-refractivity contribution in [2.75, 3.05) is 4.90 Å². The van der Waals surface area contributed by atoms with E-state index in [0.717, 1.165) is 39.0 Å². The molecule has 0 N–H and O–H groups in total. The predicted octanol–water partition coefficient (Wildman–Crippen LogP) is 17.0. The quantitative estimate of drug-likeness (QED) is 0.177. The molecule has 1 aliphatic rings. The largest absolute Gasteiger partial charge is 0.456 e. The molecule has 0 spiro atoms. The molecule has 4 heteroatoms. The first-order valence-electron chi connectivity index (χ1n) is 20.4. The second-order valence-corrected chi connectivity index (χ2v) is 19.7. The number of nitrogens with zero attached hydrogens (tertiary/aromatic N) is 1. The Morgan fingerprint density at radius 3 is 1.84 bits per heavy atom. The average Bonchev–Trinajstić information content (AvgIpc) is 3.92. The first-order valence-corrected chi connectivity index (χ1v) is 22.0. The van der Waals surface area contributed by atoms with E-state index in [1.165, 1.54) is 86.2 Å². The molecule has 1 aliphatic carbocycles. The normalized spacial score (nSPS) is 15.0. The monoisotopic (exact) mass is 783 g/mol. The van der Waals surface area contributed by atoms with E-state index in [1.807, 2.05) is 28.7 Å². The van der Waals surface area contributed by atoms with Crippen molar-refractivity contribution in [3.05, 3.63) is 163 Å². The topological polar surface area (TPSA) is 16.4 Å². The van der Waals surface area contributed by atoms with Crippen LogP contribution in [0.1, 0.15) is 51.7 Å². The van der Waals surface area contributed by atoms with Gasteiger partial charge in [-0.05, 0) is 142 Å². The Balaban J connectivity index is 1.05. The molecule has 58 heavy (non-hydrogen) atoms. The van der Waals surface area contributed by atoms with Crippen molar-refractivity contribution in [2.45, 2.75) is 51.4 Å². The Hall–Kier alpha value is -5.94. The van der Waals surface area contributed by atoms with Crippen molar-refractivity contribution in [3.63, 3.8) is 0 Å². The summed E-state index contributed by atoms with van der Waals surface area (Å²) in [4.78, 5) is 2.42. The lowest BCUT2D eigenvalue weighted by molar-refractivity contribution is 0.332. The first kappa shape index (κ1) is 34.1. The molecule has 3 heterocycles. The summed E-state index contributed by atoms with van der Waals surface area (Å²) in [5, 5.41) is 10.0. The molecule has 0 amide bonds. The lowest BCUT2D eigenvalue weighted by atomic mass is 9.63. The Kier molecular flexibility index (Phi) is 7.23.